The Kier molecular flexibility index (Phi) is 4.58. The lowest BCUT2D eigenvalue weighted by Crippen LogP contribution is -2.22. The first-order valence-electron chi connectivity index (χ1n) is 5.96. The van der Waals surface area contributed by atoms with Crippen LogP contribution in [0.25, 0.3) is 0 Å². The molecular formula is C15H13ClFNO2. The van der Waals surface area contributed by atoms with E-state index in [-0.39, 0.29) is 11.7 Å². The van der Waals surface area contributed by atoms with Crippen molar-refractivity contribution in [1.29, 1.82) is 0 Å². The summed E-state index contributed by atoms with van der Waals surface area (Å²) in [5.74, 6) is -0.0392. The summed E-state index contributed by atoms with van der Waals surface area (Å²) in [6.45, 7) is 0.322. The molecule has 2 aromatic rings. The zero-order valence-corrected chi connectivity index (χ0v) is 11.6. The molecule has 0 aliphatic heterocycles. The highest BCUT2D eigenvalue weighted by atomic mass is 35.5. The molecule has 0 aromatic heterocycles. The number of ether oxygens (including phenoxy) is 1. The van der Waals surface area contributed by atoms with Gasteiger partial charge in [0.1, 0.15) is 11.6 Å². The summed E-state index contributed by atoms with van der Waals surface area (Å²) < 4.78 is 17.8. The van der Waals surface area contributed by atoms with Crippen molar-refractivity contribution in [3.05, 3.63) is 64.4 Å². The number of methoxy groups -OCH3 is 1. The summed E-state index contributed by atoms with van der Waals surface area (Å²) in [5.41, 5.74) is 1.26. The molecule has 2 rings (SSSR count). The van der Waals surface area contributed by atoms with E-state index in [0.29, 0.717) is 22.9 Å². The van der Waals surface area contributed by atoms with E-state index in [9.17, 15) is 9.18 Å². The van der Waals surface area contributed by atoms with Crippen LogP contribution in [0.1, 0.15) is 15.9 Å². The van der Waals surface area contributed by atoms with E-state index >= 15 is 0 Å². The Hall–Kier alpha value is -2.07. The van der Waals surface area contributed by atoms with Crippen LogP contribution in [-0.4, -0.2) is 13.0 Å². The second-order valence-electron chi connectivity index (χ2n) is 4.16. The fraction of sp³-hybridized carbons (Fsp3) is 0.133. The van der Waals surface area contributed by atoms with Gasteiger partial charge in [-0.05, 0) is 35.9 Å². The van der Waals surface area contributed by atoms with Gasteiger partial charge in [-0.25, -0.2) is 4.39 Å². The highest BCUT2D eigenvalue weighted by molar-refractivity contribution is 6.32. The molecule has 0 saturated heterocycles. The van der Waals surface area contributed by atoms with Crippen LogP contribution >= 0.6 is 11.6 Å². The SMILES string of the molecule is COc1ccc(C(=O)NCc2ccc(F)cc2)cc1Cl. The Bertz CT molecular complexity index is 614. The molecule has 0 bridgehead atoms. The summed E-state index contributed by atoms with van der Waals surface area (Å²) in [6, 6.07) is 10.8. The molecule has 0 saturated carbocycles. The average Bonchev–Trinajstić information content (AvgIpc) is 2.46. The molecule has 0 atom stereocenters. The maximum absolute atomic E-state index is 12.8. The van der Waals surface area contributed by atoms with E-state index in [0.717, 1.165) is 5.56 Å². The van der Waals surface area contributed by atoms with Gasteiger partial charge in [0, 0.05) is 12.1 Å². The number of halogens is 2. The van der Waals surface area contributed by atoms with Crippen molar-refractivity contribution >= 4 is 17.5 Å². The average molecular weight is 294 g/mol. The molecule has 2 aromatic carbocycles. The van der Waals surface area contributed by atoms with Crippen molar-refractivity contribution in [1.82, 2.24) is 5.32 Å². The van der Waals surface area contributed by atoms with Crippen molar-refractivity contribution in [2.24, 2.45) is 0 Å². The van der Waals surface area contributed by atoms with Crippen LogP contribution in [0.3, 0.4) is 0 Å². The topological polar surface area (TPSA) is 38.3 Å². The third kappa shape index (κ3) is 3.48. The normalized spacial score (nSPS) is 10.2. The Labute approximate surface area is 121 Å². The van der Waals surface area contributed by atoms with Crippen LogP contribution in [0.4, 0.5) is 4.39 Å². The highest BCUT2D eigenvalue weighted by Gasteiger charge is 2.08. The van der Waals surface area contributed by atoms with Crippen molar-refractivity contribution in [2.75, 3.05) is 7.11 Å². The van der Waals surface area contributed by atoms with Gasteiger partial charge in [-0.2, -0.15) is 0 Å². The molecule has 1 amide bonds. The van der Waals surface area contributed by atoms with Crippen LogP contribution in [-0.2, 0) is 6.54 Å². The number of benzene rings is 2. The summed E-state index contributed by atoms with van der Waals surface area (Å²) in [5, 5.41) is 3.12. The fourth-order valence-corrected chi connectivity index (χ4v) is 1.95. The second-order valence-corrected chi connectivity index (χ2v) is 4.57. The van der Waals surface area contributed by atoms with Gasteiger partial charge in [-0.3, -0.25) is 4.79 Å². The summed E-state index contributed by atoms with van der Waals surface area (Å²) in [6.07, 6.45) is 0. The van der Waals surface area contributed by atoms with E-state index in [2.05, 4.69) is 5.32 Å². The third-order valence-corrected chi connectivity index (χ3v) is 3.08. The molecule has 104 valence electrons. The van der Waals surface area contributed by atoms with Gasteiger partial charge in [0.15, 0.2) is 0 Å². The number of rotatable bonds is 4. The quantitative estimate of drug-likeness (QED) is 0.938. The van der Waals surface area contributed by atoms with Gasteiger partial charge in [0.05, 0.1) is 12.1 Å². The zero-order chi connectivity index (χ0) is 14.5. The summed E-state index contributed by atoms with van der Waals surface area (Å²) >= 11 is 5.96. The first-order valence-corrected chi connectivity index (χ1v) is 6.34. The lowest BCUT2D eigenvalue weighted by Gasteiger charge is -2.07. The van der Waals surface area contributed by atoms with E-state index in [1.54, 1.807) is 30.3 Å². The molecule has 0 aliphatic rings. The largest absolute Gasteiger partial charge is 0.495 e. The number of nitrogens with one attached hydrogen (secondary N) is 1. The number of hydrogen-bond donors (Lipinski definition) is 1. The molecule has 0 heterocycles. The van der Waals surface area contributed by atoms with E-state index in [1.807, 2.05) is 0 Å². The summed E-state index contributed by atoms with van der Waals surface area (Å²) in [4.78, 5) is 12.0. The smallest absolute Gasteiger partial charge is 0.251 e. The monoisotopic (exact) mass is 293 g/mol. The van der Waals surface area contributed by atoms with Gasteiger partial charge < -0.3 is 10.1 Å². The summed E-state index contributed by atoms with van der Waals surface area (Å²) in [7, 11) is 1.51. The molecular weight excluding hydrogens is 281 g/mol. The number of hydrogen-bond acceptors (Lipinski definition) is 2. The van der Waals surface area contributed by atoms with Gasteiger partial charge in [-0.15, -0.1) is 0 Å². The first-order chi connectivity index (χ1) is 9.60. The molecule has 0 aliphatic carbocycles. The molecule has 0 fully saturated rings. The minimum absolute atomic E-state index is 0.251. The predicted molar refractivity (Wildman–Crippen MR) is 75.6 cm³/mol. The van der Waals surface area contributed by atoms with Crippen molar-refractivity contribution in [3.63, 3.8) is 0 Å². The van der Waals surface area contributed by atoms with Crippen molar-refractivity contribution < 1.29 is 13.9 Å². The Morgan fingerprint density at radius 1 is 1.25 bits per heavy atom. The minimum Gasteiger partial charge on any atom is -0.495 e. The Balaban J connectivity index is 2.01. The van der Waals surface area contributed by atoms with Gasteiger partial charge in [0.25, 0.3) is 5.91 Å². The fourth-order valence-electron chi connectivity index (χ4n) is 1.69. The molecule has 0 radical (unpaired) electrons. The maximum atomic E-state index is 12.8. The first kappa shape index (κ1) is 14.3. The molecule has 20 heavy (non-hydrogen) atoms. The maximum Gasteiger partial charge on any atom is 0.251 e. The molecule has 0 unspecified atom stereocenters. The number of carbonyl (C=O) groups is 1. The molecule has 5 heteroatoms. The highest BCUT2D eigenvalue weighted by Crippen LogP contribution is 2.24. The second kappa shape index (κ2) is 6.39. The van der Waals surface area contributed by atoms with E-state index in [4.69, 9.17) is 16.3 Å². The van der Waals surface area contributed by atoms with Crippen LogP contribution in [0.15, 0.2) is 42.5 Å². The van der Waals surface area contributed by atoms with Gasteiger partial charge in [0.2, 0.25) is 0 Å². The Morgan fingerprint density at radius 2 is 1.95 bits per heavy atom. The van der Waals surface area contributed by atoms with Crippen LogP contribution in [0, 0.1) is 5.82 Å². The van der Waals surface area contributed by atoms with Crippen molar-refractivity contribution in [3.8, 4) is 5.75 Å². The van der Waals surface area contributed by atoms with Gasteiger partial charge >= 0.3 is 0 Å². The molecule has 1 N–H and O–H groups in total. The van der Waals surface area contributed by atoms with Crippen molar-refractivity contribution in [2.45, 2.75) is 6.54 Å². The number of amides is 1. The van der Waals surface area contributed by atoms with E-state index in [1.165, 1.54) is 19.2 Å². The molecule has 0 spiro atoms. The number of carbonyl (C=O) groups excluding carboxylic acids is 1. The van der Waals surface area contributed by atoms with E-state index < -0.39 is 0 Å². The predicted octanol–water partition coefficient (Wildman–Crippen LogP) is 3.42. The lowest BCUT2D eigenvalue weighted by atomic mass is 10.2. The lowest BCUT2D eigenvalue weighted by molar-refractivity contribution is 0.0951. The molecule has 3 nitrogen and oxygen atoms in total. The van der Waals surface area contributed by atoms with Crippen LogP contribution < -0.4 is 10.1 Å². The van der Waals surface area contributed by atoms with Gasteiger partial charge in [-0.1, -0.05) is 23.7 Å². The standard InChI is InChI=1S/C15H13ClFNO2/c1-20-14-7-4-11(8-13(14)16)15(19)18-9-10-2-5-12(17)6-3-10/h2-8H,9H2,1H3,(H,18,19). The Morgan fingerprint density at radius 3 is 2.55 bits per heavy atom. The zero-order valence-electron chi connectivity index (χ0n) is 10.8. The van der Waals surface area contributed by atoms with Crippen LogP contribution in [0.5, 0.6) is 5.75 Å². The third-order valence-electron chi connectivity index (χ3n) is 2.78. The minimum atomic E-state index is -0.304. The van der Waals surface area contributed by atoms with Crippen LogP contribution in [0.2, 0.25) is 5.02 Å².